The molecular weight excluding hydrogens is 508 g/mol. The second-order valence-electron chi connectivity index (χ2n) is 14.0. The first kappa shape index (κ1) is 31.9. The average molecular weight is 563 g/mol. The molecule has 4 fully saturated rings. The molecule has 0 bridgehead atoms. The highest BCUT2D eigenvalue weighted by Crippen LogP contribution is 2.60. The number of hydrogen-bond donors (Lipinski definition) is 5. The molecule has 0 amide bonds. The molecule has 7 unspecified atom stereocenters. The Kier molecular flexibility index (Phi) is 10.4. The zero-order chi connectivity index (χ0) is 29.2. The van der Waals surface area contributed by atoms with Crippen LogP contribution >= 0.6 is 0 Å². The second-order valence-corrected chi connectivity index (χ2v) is 14.0. The van der Waals surface area contributed by atoms with E-state index in [0.717, 1.165) is 55.6 Å². The predicted molar refractivity (Wildman–Crippen MR) is 155 cm³/mol. The van der Waals surface area contributed by atoms with Crippen molar-refractivity contribution in [1.29, 1.82) is 0 Å². The van der Waals surface area contributed by atoms with Crippen LogP contribution in [0.4, 0.5) is 0 Å². The third-order valence-electron chi connectivity index (χ3n) is 10.5. The second kappa shape index (κ2) is 13.1. The molecular formula is C33H54O7. The number of ether oxygens (including phenoxy) is 2. The lowest BCUT2D eigenvalue weighted by molar-refractivity contribution is -0.308. The minimum atomic E-state index is -1.45. The van der Waals surface area contributed by atoms with Crippen LogP contribution in [0.2, 0.25) is 0 Å². The van der Waals surface area contributed by atoms with Crippen molar-refractivity contribution in [2.45, 2.75) is 141 Å². The third-order valence-corrected chi connectivity index (χ3v) is 10.5. The van der Waals surface area contributed by atoms with Crippen molar-refractivity contribution < 1.29 is 35.0 Å². The van der Waals surface area contributed by atoms with Gasteiger partial charge in [-0.1, -0.05) is 51.0 Å². The maximum atomic E-state index is 10.4. The highest BCUT2D eigenvalue weighted by Gasteiger charge is 2.50. The number of aliphatic hydroxyl groups excluding tert-OH is 4. The van der Waals surface area contributed by atoms with Crippen LogP contribution < -0.4 is 0 Å². The molecule has 7 heteroatoms. The number of hydrogen-bond acceptors (Lipinski definition) is 7. The van der Waals surface area contributed by atoms with Crippen LogP contribution in [0.3, 0.4) is 0 Å². The summed E-state index contributed by atoms with van der Waals surface area (Å²) >= 11 is 0. The number of aliphatic hydroxyl groups is 5. The van der Waals surface area contributed by atoms with Gasteiger partial charge in [0.1, 0.15) is 24.4 Å². The molecule has 228 valence electrons. The Morgan fingerprint density at radius 3 is 2.52 bits per heavy atom. The topological polar surface area (TPSA) is 120 Å². The van der Waals surface area contributed by atoms with E-state index in [1.807, 2.05) is 13.8 Å². The van der Waals surface area contributed by atoms with Gasteiger partial charge < -0.3 is 35.0 Å². The van der Waals surface area contributed by atoms with Crippen LogP contribution in [-0.4, -0.2) is 74.6 Å². The highest BCUT2D eigenvalue weighted by molar-refractivity contribution is 5.38. The first-order valence-corrected chi connectivity index (χ1v) is 15.6. The van der Waals surface area contributed by atoms with E-state index in [1.54, 1.807) is 5.57 Å². The Morgan fingerprint density at radius 2 is 1.82 bits per heavy atom. The summed E-state index contributed by atoms with van der Waals surface area (Å²) in [5.41, 5.74) is 3.31. The van der Waals surface area contributed by atoms with Crippen molar-refractivity contribution in [3.8, 4) is 0 Å². The molecule has 1 saturated heterocycles. The van der Waals surface area contributed by atoms with Gasteiger partial charge in [-0.15, -0.1) is 0 Å². The van der Waals surface area contributed by atoms with Gasteiger partial charge in [0.2, 0.25) is 0 Å². The Hall–Kier alpha value is -1.06. The average Bonchev–Trinajstić information content (AvgIpc) is 3.26. The lowest BCUT2D eigenvalue weighted by Crippen LogP contribution is -2.59. The molecule has 0 spiro atoms. The standard InChI is InChI=1S/C33H54O7/c1-20(9-7-17-32(3,4)38)24-15-16-25-23(11-8-18-33(24,25)5)14-13-22-10-6-12-26(21(22)2)39-31-30(37)29(36)28(35)27(19-34)40-31/h13-14,20,24-31,34-38H,2,6-12,15-19H2,1,3-5H3/b22-13-,23-14+/t20?,24-,25?,26+,27?,28?,29?,30?,31?,33-/m1/s1. The smallest absolute Gasteiger partial charge is 0.187 e. The van der Waals surface area contributed by atoms with E-state index in [4.69, 9.17) is 9.47 Å². The zero-order valence-corrected chi connectivity index (χ0v) is 25.1. The fraction of sp³-hybridized carbons (Fsp3) is 0.818. The van der Waals surface area contributed by atoms with Crippen LogP contribution in [0, 0.1) is 23.2 Å². The van der Waals surface area contributed by atoms with Crippen molar-refractivity contribution in [1.82, 2.24) is 0 Å². The van der Waals surface area contributed by atoms with Crippen molar-refractivity contribution in [3.05, 3.63) is 35.5 Å². The Balaban J connectivity index is 1.41. The largest absolute Gasteiger partial charge is 0.394 e. The van der Waals surface area contributed by atoms with Gasteiger partial charge in [-0.2, -0.15) is 0 Å². The summed E-state index contributed by atoms with van der Waals surface area (Å²) in [4.78, 5) is 0. The van der Waals surface area contributed by atoms with Gasteiger partial charge in [0.15, 0.2) is 6.29 Å². The molecule has 0 aromatic rings. The van der Waals surface area contributed by atoms with Crippen LogP contribution in [-0.2, 0) is 9.47 Å². The van der Waals surface area contributed by atoms with Gasteiger partial charge in [-0.3, -0.25) is 0 Å². The summed E-state index contributed by atoms with van der Waals surface area (Å²) in [6.45, 7) is 12.6. The van der Waals surface area contributed by atoms with E-state index < -0.39 is 42.9 Å². The van der Waals surface area contributed by atoms with Gasteiger partial charge in [0.05, 0.1) is 18.3 Å². The van der Waals surface area contributed by atoms with Gasteiger partial charge in [0, 0.05) is 0 Å². The lowest BCUT2D eigenvalue weighted by Gasteiger charge is -2.44. The molecule has 4 rings (SSSR count). The summed E-state index contributed by atoms with van der Waals surface area (Å²) < 4.78 is 11.7. The maximum Gasteiger partial charge on any atom is 0.187 e. The number of fused-ring (bicyclic) bond motifs is 1. The zero-order valence-electron chi connectivity index (χ0n) is 25.1. The van der Waals surface area contributed by atoms with Crippen LogP contribution in [0.5, 0.6) is 0 Å². The first-order valence-electron chi connectivity index (χ1n) is 15.6. The van der Waals surface area contributed by atoms with E-state index in [0.29, 0.717) is 17.3 Å². The molecule has 0 aromatic carbocycles. The van der Waals surface area contributed by atoms with Crippen LogP contribution in [0.15, 0.2) is 35.5 Å². The Morgan fingerprint density at radius 1 is 1.07 bits per heavy atom. The SMILES string of the molecule is C=C1/C(=C\C=C2/CCC[C@@]3(C)C2CC[C@@H]3C(C)CCCC(C)(C)O)CCC[C@@H]1OC1OC(CO)C(O)C(O)C1O. The minimum absolute atomic E-state index is 0.328. The number of allylic oxidation sites excluding steroid dienone is 3. The third kappa shape index (κ3) is 6.94. The molecule has 3 saturated carbocycles. The number of rotatable bonds is 9. The fourth-order valence-electron chi connectivity index (χ4n) is 8.18. The van der Waals surface area contributed by atoms with Crippen molar-refractivity contribution in [2.75, 3.05) is 6.61 Å². The van der Waals surface area contributed by atoms with E-state index in [1.165, 1.54) is 32.1 Å². The molecule has 1 aliphatic heterocycles. The van der Waals surface area contributed by atoms with Gasteiger partial charge in [0.25, 0.3) is 0 Å². The Bertz CT molecular complexity index is 934. The van der Waals surface area contributed by atoms with E-state index in [9.17, 15) is 25.5 Å². The molecule has 10 atom stereocenters. The van der Waals surface area contributed by atoms with Crippen molar-refractivity contribution in [3.63, 3.8) is 0 Å². The van der Waals surface area contributed by atoms with Crippen LogP contribution in [0.25, 0.3) is 0 Å². The van der Waals surface area contributed by atoms with Crippen LogP contribution in [0.1, 0.15) is 98.3 Å². The lowest BCUT2D eigenvalue weighted by atomic mass is 9.60. The Labute approximate surface area is 241 Å². The quantitative estimate of drug-likeness (QED) is 0.280. The van der Waals surface area contributed by atoms with Gasteiger partial charge in [-0.05, 0) is 106 Å². The normalized spacial score (nSPS) is 41.9. The van der Waals surface area contributed by atoms with Crippen molar-refractivity contribution >= 4 is 0 Å². The molecule has 7 nitrogen and oxygen atoms in total. The van der Waals surface area contributed by atoms with E-state index in [-0.39, 0.29) is 6.10 Å². The maximum absolute atomic E-state index is 10.4. The predicted octanol–water partition coefficient (Wildman–Crippen LogP) is 4.56. The molecule has 4 aliphatic rings. The highest BCUT2D eigenvalue weighted by atomic mass is 16.7. The van der Waals surface area contributed by atoms with E-state index in [2.05, 4.69) is 32.6 Å². The fourth-order valence-corrected chi connectivity index (χ4v) is 8.18. The first-order chi connectivity index (χ1) is 18.9. The molecule has 0 aromatic heterocycles. The summed E-state index contributed by atoms with van der Waals surface area (Å²) in [6, 6.07) is 0. The summed E-state index contributed by atoms with van der Waals surface area (Å²) in [5.74, 6) is 1.99. The monoisotopic (exact) mass is 562 g/mol. The van der Waals surface area contributed by atoms with Crippen molar-refractivity contribution in [2.24, 2.45) is 23.2 Å². The molecule has 3 aliphatic carbocycles. The summed E-state index contributed by atoms with van der Waals surface area (Å²) in [6.07, 6.45) is 9.67. The molecule has 0 radical (unpaired) electrons. The van der Waals surface area contributed by atoms with E-state index >= 15 is 0 Å². The molecule has 1 heterocycles. The molecule has 40 heavy (non-hydrogen) atoms. The minimum Gasteiger partial charge on any atom is -0.394 e. The van der Waals surface area contributed by atoms with Gasteiger partial charge >= 0.3 is 0 Å². The molecule has 5 N–H and O–H groups in total. The summed E-state index contributed by atoms with van der Waals surface area (Å²) in [7, 11) is 0. The summed E-state index contributed by atoms with van der Waals surface area (Å²) in [5, 5.41) is 50.3. The van der Waals surface area contributed by atoms with Gasteiger partial charge in [-0.25, -0.2) is 0 Å².